The summed E-state index contributed by atoms with van der Waals surface area (Å²) in [6, 6.07) is 1.35. The molecule has 6 nitrogen and oxygen atoms in total. The smallest absolute Gasteiger partial charge is 0.330 e. The Kier molecular flexibility index (Phi) is 13.6. The van der Waals surface area contributed by atoms with Crippen molar-refractivity contribution in [1.82, 2.24) is 0 Å². The van der Waals surface area contributed by atoms with Gasteiger partial charge in [0.1, 0.15) is 13.1 Å². The molecule has 2 aliphatic carbocycles. The molecule has 2 saturated carbocycles. The minimum Gasteiger partial charge on any atom is -0.447 e. The number of hydrogen-bond donors (Lipinski definition) is 0. The maximum atomic E-state index is 12.4. The molecule has 0 aromatic carbocycles. The van der Waals surface area contributed by atoms with Gasteiger partial charge in [-0.05, 0) is 79.1 Å². The monoisotopic (exact) mass is 595 g/mol. The first-order valence-corrected chi connectivity index (χ1v) is 17.4. The van der Waals surface area contributed by atoms with Crippen molar-refractivity contribution in [3.8, 4) is 0 Å². The van der Waals surface area contributed by atoms with Crippen LogP contribution in [0, 0.1) is 23.7 Å². The molecule has 2 rings (SSSR count). The van der Waals surface area contributed by atoms with Crippen LogP contribution in [0.2, 0.25) is 0 Å². The van der Waals surface area contributed by atoms with E-state index >= 15 is 0 Å². The third kappa shape index (κ3) is 12.6. The van der Waals surface area contributed by atoms with E-state index in [1.54, 1.807) is 0 Å². The van der Waals surface area contributed by atoms with Gasteiger partial charge in [0.2, 0.25) is 0 Å². The number of nitrogens with zero attached hydrogens (tertiary/aromatic N) is 4. The third-order valence-corrected chi connectivity index (χ3v) is 11.5. The standard InChI is InChI=1S/C36H74N4O2/c1-14-36(41)42-35(27-37(6,7)23-31-15-19-33(20-16-31)25-39(10,11)29(2)3)28-38(8,9)24-32-17-21-34(22-18-32)26-40(12,13)30(4)5/h14,29-35H,1,15-28H2,2-13H3/q+4. The largest absolute Gasteiger partial charge is 0.447 e. The summed E-state index contributed by atoms with van der Waals surface area (Å²) in [6.45, 7) is 19.7. The fourth-order valence-corrected chi connectivity index (χ4v) is 7.94. The van der Waals surface area contributed by atoms with E-state index in [1.807, 2.05) is 0 Å². The summed E-state index contributed by atoms with van der Waals surface area (Å²) < 4.78 is 10.1. The number of likely N-dealkylation sites (N-methyl/N-ethyl adjacent to an activating group) is 2. The predicted molar refractivity (Wildman–Crippen MR) is 179 cm³/mol. The lowest BCUT2D eigenvalue weighted by Gasteiger charge is -2.43. The number of carbonyl (C=O) groups is 1. The fourth-order valence-electron chi connectivity index (χ4n) is 7.94. The molecule has 0 aliphatic heterocycles. The van der Waals surface area contributed by atoms with Crippen LogP contribution in [-0.4, -0.2) is 138 Å². The molecule has 0 aromatic rings. The van der Waals surface area contributed by atoms with E-state index in [4.69, 9.17) is 4.74 Å². The summed E-state index contributed by atoms with van der Waals surface area (Å²) in [6.07, 6.45) is 12.0. The van der Waals surface area contributed by atoms with E-state index in [1.165, 1.54) is 83.6 Å². The highest BCUT2D eigenvalue weighted by atomic mass is 16.5. The molecule has 2 fully saturated rings. The van der Waals surface area contributed by atoms with Crippen molar-refractivity contribution in [1.29, 1.82) is 0 Å². The molecule has 0 unspecified atom stereocenters. The van der Waals surface area contributed by atoms with Gasteiger partial charge in [-0.2, -0.15) is 0 Å². The molecular formula is C36H74N4O2+4. The topological polar surface area (TPSA) is 26.3 Å². The number of rotatable bonds is 16. The van der Waals surface area contributed by atoms with E-state index in [9.17, 15) is 4.79 Å². The predicted octanol–water partition coefficient (Wildman–Crippen LogP) is 5.82. The number of quaternary nitrogens is 4. The second-order valence-electron chi connectivity index (χ2n) is 17.7. The Hall–Kier alpha value is -0.950. The van der Waals surface area contributed by atoms with Gasteiger partial charge in [0, 0.05) is 29.7 Å². The Bertz CT molecular complexity index is 773. The molecular weight excluding hydrogens is 520 g/mol. The molecule has 0 heterocycles. The van der Waals surface area contributed by atoms with E-state index in [2.05, 4.69) is 90.7 Å². The molecule has 42 heavy (non-hydrogen) atoms. The van der Waals surface area contributed by atoms with Gasteiger partial charge in [-0.3, -0.25) is 0 Å². The average Bonchev–Trinajstić information content (AvgIpc) is 2.84. The Morgan fingerprint density at radius 3 is 1.17 bits per heavy atom. The van der Waals surface area contributed by atoms with E-state index in [0.717, 1.165) is 54.7 Å². The normalized spacial score (nSPS) is 25.5. The molecule has 246 valence electrons. The van der Waals surface area contributed by atoms with Crippen molar-refractivity contribution in [2.24, 2.45) is 23.7 Å². The number of carbonyl (C=O) groups excluding carboxylic acids is 1. The van der Waals surface area contributed by atoms with Gasteiger partial charge >= 0.3 is 5.97 Å². The highest BCUT2D eigenvalue weighted by Crippen LogP contribution is 2.34. The minimum absolute atomic E-state index is 0.0959. The van der Waals surface area contributed by atoms with Crippen LogP contribution < -0.4 is 0 Å². The number of hydrogen-bond acceptors (Lipinski definition) is 2. The Morgan fingerprint density at radius 2 is 0.905 bits per heavy atom. The Labute approximate surface area is 262 Å². The van der Waals surface area contributed by atoms with E-state index in [-0.39, 0.29) is 12.1 Å². The van der Waals surface area contributed by atoms with Gasteiger partial charge in [-0.15, -0.1) is 0 Å². The van der Waals surface area contributed by atoms with Crippen molar-refractivity contribution in [3.05, 3.63) is 12.7 Å². The van der Waals surface area contributed by atoms with Gasteiger partial charge in [-0.1, -0.05) is 6.58 Å². The molecule has 0 N–H and O–H groups in total. The molecule has 0 spiro atoms. The second-order valence-corrected chi connectivity index (χ2v) is 17.7. The molecule has 0 amide bonds. The van der Waals surface area contributed by atoms with Crippen LogP contribution in [-0.2, 0) is 9.53 Å². The molecule has 0 atom stereocenters. The van der Waals surface area contributed by atoms with Crippen LogP contribution in [0.25, 0.3) is 0 Å². The molecule has 0 bridgehead atoms. The Balaban J connectivity index is 1.91. The number of esters is 1. The van der Waals surface area contributed by atoms with Crippen LogP contribution in [0.15, 0.2) is 12.7 Å². The summed E-state index contributed by atoms with van der Waals surface area (Å²) in [5, 5.41) is 0. The summed E-state index contributed by atoms with van der Waals surface area (Å²) >= 11 is 0. The van der Waals surface area contributed by atoms with Crippen LogP contribution >= 0.6 is 0 Å². The highest BCUT2D eigenvalue weighted by molar-refractivity contribution is 5.81. The third-order valence-electron chi connectivity index (χ3n) is 11.5. The SMILES string of the molecule is C=CC(=O)OC(C[N+](C)(C)CC1CCC(C[N+](C)(C)C(C)C)CC1)C[N+](C)(C)CC1CCC(C[N+](C)(C)C(C)C)CC1. The van der Waals surface area contributed by atoms with Gasteiger partial charge in [0.25, 0.3) is 0 Å². The van der Waals surface area contributed by atoms with Crippen LogP contribution in [0.5, 0.6) is 0 Å². The first kappa shape index (κ1) is 37.2. The summed E-state index contributed by atoms with van der Waals surface area (Å²) in [5.41, 5.74) is 0. The average molecular weight is 595 g/mol. The maximum Gasteiger partial charge on any atom is 0.330 e. The van der Waals surface area contributed by atoms with Gasteiger partial charge in [0.05, 0.1) is 94.6 Å². The quantitative estimate of drug-likeness (QED) is 0.128. The molecule has 0 aromatic heterocycles. The van der Waals surface area contributed by atoms with Crippen molar-refractivity contribution >= 4 is 5.97 Å². The molecule has 2 aliphatic rings. The summed E-state index contributed by atoms with van der Waals surface area (Å²) in [5.74, 6) is 2.95. The summed E-state index contributed by atoms with van der Waals surface area (Å²) in [7, 11) is 18.9. The molecule has 0 saturated heterocycles. The Morgan fingerprint density at radius 1 is 0.619 bits per heavy atom. The molecule has 6 heteroatoms. The van der Waals surface area contributed by atoms with Crippen molar-refractivity contribution < 1.29 is 27.5 Å². The van der Waals surface area contributed by atoms with Gasteiger partial charge < -0.3 is 22.7 Å². The lowest BCUT2D eigenvalue weighted by atomic mass is 9.80. The zero-order chi connectivity index (χ0) is 31.9. The highest BCUT2D eigenvalue weighted by Gasteiger charge is 2.37. The van der Waals surface area contributed by atoms with Crippen molar-refractivity contribution in [2.45, 2.75) is 97.2 Å². The first-order valence-electron chi connectivity index (χ1n) is 17.4. The minimum atomic E-state index is -0.280. The van der Waals surface area contributed by atoms with Crippen LogP contribution in [0.3, 0.4) is 0 Å². The zero-order valence-corrected chi connectivity index (χ0v) is 30.3. The van der Waals surface area contributed by atoms with Crippen LogP contribution in [0.1, 0.15) is 79.1 Å². The number of ether oxygens (including phenoxy) is 1. The lowest BCUT2D eigenvalue weighted by molar-refractivity contribution is -0.918. The van der Waals surface area contributed by atoms with Crippen LogP contribution in [0.4, 0.5) is 0 Å². The molecule has 0 radical (unpaired) electrons. The van der Waals surface area contributed by atoms with E-state index < -0.39 is 0 Å². The van der Waals surface area contributed by atoms with Gasteiger partial charge in [0.15, 0.2) is 6.10 Å². The summed E-state index contributed by atoms with van der Waals surface area (Å²) in [4.78, 5) is 12.4. The van der Waals surface area contributed by atoms with Crippen molar-refractivity contribution in [3.63, 3.8) is 0 Å². The van der Waals surface area contributed by atoms with E-state index in [0.29, 0.717) is 12.1 Å². The fraction of sp³-hybridized carbons (Fsp3) is 0.917. The van der Waals surface area contributed by atoms with Crippen molar-refractivity contribution in [2.75, 3.05) is 95.6 Å². The zero-order valence-electron chi connectivity index (χ0n) is 30.3. The first-order chi connectivity index (χ1) is 19.2. The lowest BCUT2D eigenvalue weighted by Crippen LogP contribution is -2.56. The maximum absolute atomic E-state index is 12.4. The van der Waals surface area contributed by atoms with Gasteiger partial charge in [-0.25, -0.2) is 4.79 Å². The second kappa shape index (κ2) is 15.4.